The van der Waals surface area contributed by atoms with E-state index in [1.807, 2.05) is 24.3 Å². The number of ether oxygens (including phenoxy) is 2. The van der Waals surface area contributed by atoms with E-state index in [4.69, 9.17) is 14.6 Å². The number of rotatable bonds is 5. The van der Waals surface area contributed by atoms with Crippen LogP contribution in [0.15, 0.2) is 28.1 Å². The molecule has 2 aliphatic rings. The van der Waals surface area contributed by atoms with Gasteiger partial charge in [-0.15, -0.1) is 0 Å². The van der Waals surface area contributed by atoms with Crippen LogP contribution in [0, 0.1) is 0 Å². The number of aliphatic hydroxyl groups is 1. The number of benzene rings is 1. The lowest BCUT2D eigenvalue weighted by Gasteiger charge is -2.34. The zero-order valence-corrected chi connectivity index (χ0v) is 15.8. The van der Waals surface area contributed by atoms with Crippen LogP contribution >= 0.6 is 11.8 Å². The van der Waals surface area contributed by atoms with E-state index in [0.29, 0.717) is 22.9 Å². The minimum Gasteiger partial charge on any atom is -0.493 e. The maximum Gasteiger partial charge on any atom is 0.286 e. The number of amidine groups is 1. The maximum absolute atomic E-state index is 12.3. The van der Waals surface area contributed by atoms with Crippen LogP contribution < -0.4 is 9.47 Å². The zero-order valence-electron chi connectivity index (χ0n) is 15.0. The van der Waals surface area contributed by atoms with Gasteiger partial charge in [-0.05, 0) is 35.5 Å². The van der Waals surface area contributed by atoms with Gasteiger partial charge in [0.15, 0.2) is 16.7 Å². The predicted octanol–water partition coefficient (Wildman–Crippen LogP) is 1.28. The quantitative estimate of drug-likeness (QED) is 0.775. The molecular weight excluding hydrogens is 354 g/mol. The molecule has 0 saturated carbocycles. The van der Waals surface area contributed by atoms with Crippen LogP contribution in [0.5, 0.6) is 11.5 Å². The van der Waals surface area contributed by atoms with E-state index in [0.717, 1.165) is 36.9 Å². The summed E-state index contributed by atoms with van der Waals surface area (Å²) in [6.45, 7) is 4.21. The minimum absolute atomic E-state index is 0.173. The van der Waals surface area contributed by atoms with Crippen molar-refractivity contribution in [2.75, 3.05) is 53.6 Å². The number of aliphatic imine (C=N–C) groups is 1. The minimum atomic E-state index is -0.211. The predicted molar refractivity (Wildman–Crippen MR) is 103 cm³/mol. The van der Waals surface area contributed by atoms with Gasteiger partial charge >= 0.3 is 0 Å². The molecule has 1 fully saturated rings. The van der Waals surface area contributed by atoms with E-state index in [9.17, 15) is 4.79 Å². The molecule has 2 aliphatic heterocycles. The van der Waals surface area contributed by atoms with Gasteiger partial charge in [0.25, 0.3) is 5.91 Å². The summed E-state index contributed by atoms with van der Waals surface area (Å²) in [6.07, 6.45) is 1.83. The summed E-state index contributed by atoms with van der Waals surface area (Å²) >= 11 is 1.41. The highest BCUT2D eigenvalue weighted by molar-refractivity contribution is 8.18. The number of aliphatic hydroxyl groups excluding tert-OH is 1. The van der Waals surface area contributed by atoms with Crippen molar-refractivity contribution in [3.63, 3.8) is 0 Å². The molecule has 1 N–H and O–H groups in total. The molecule has 7 nitrogen and oxygen atoms in total. The van der Waals surface area contributed by atoms with Crippen molar-refractivity contribution in [2.24, 2.45) is 4.99 Å². The van der Waals surface area contributed by atoms with Crippen molar-refractivity contribution in [1.82, 2.24) is 9.80 Å². The van der Waals surface area contributed by atoms with Gasteiger partial charge in [0.2, 0.25) is 0 Å². The molecule has 140 valence electrons. The second-order valence-electron chi connectivity index (χ2n) is 5.98. The largest absolute Gasteiger partial charge is 0.493 e. The third-order valence-electron chi connectivity index (χ3n) is 4.37. The number of hydrogen-bond acceptors (Lipinski definition) is 7. The van der Waals surface area contributed by atoms with E-state index in [1.165, 1.54) is 11.8 Å². The number of carbonyl (C=O) groups excluding carboxylic acids is 1. The van der Waals surface area contributed by atoms with Gasteiger partial charge in [-0.2, -0.15) is 4.99 Å². The van der Waals surface area contributed by atoms with E-state index in [1.54, 1.807) is 14.2 Å². The highest BCUT2D eigenvalue weighted by Crippen LogP contribution is 2.33. The lowest BCUT2D eigenvalue weighted by atomic mass is 10.2. The SMILES string of the molecule is COc1ccc(/C=C2\SC(N3CCN(CCO)CC3)=NC2=O)cc1OC. The fraction of sp³-hybridized carbons (Fsp3) is 0.444. The topological polar surface area (TPSA) is 74.6 Å². The van der Waals surface area contributed by atoms with Gasteiger partial charge < -0.3 is 19.5 Å². The highest BCUT2D eigenvalue weighted by Gasteiger charge is 2.28. The summed E-state index contributed by atoms with van der Waals surface area (Å²) in [7, 11) is 3.18. The van der Waals surface area contributed by atoms with Crippen molar-refractivity contribution in [3.8, 4) is 11.5 Å². The average molecular weight is 377 g/mol. The fourth-order valence-electron chi connectivity index (χ4n) is 2.93. The smallest absolute Gasteiger partial charge is 0.286 e. The number of methoxy groups -OCH3 is 2. The lowest BCUT2D eigenvalue weighted by molar-refractivity contribution is -0.113. The zero-order chi connectivity index (χ0) is 18.5. The Morgan fingerprint density at radius 3 is 2.58 bits per heavy atom. The summed E-state index contributed by atoms with van der Waals surface area (Å²) in [5.41, 5.74) is 0.864. The molecule has 0 aliphatic carbocycles. The normalized spacial score (nSPS) is 19.8. The molecule has 2 heterocycles. The van der Waals surface area contributed by atoms with Crippen LogP contribution in [0.3, 0.4) is 0 Å². The van der Waals surface area contributed by atoms with Crippen LogP contribution in [0.4, 0.5) is 0 Å². The fourth-order valence-corrected chi connectivity index (χ4v) is 3.90. The highest BCUT2D eigenvalue weighted by atomic mass is 32.2. The second-order valence-corrected chi connectivity index (χ2v) is 6.99. The van der Waals surface area contributed by atoms with Gasteiger partial charge in [-0.3, -0.25) is 9.69 Å². The molecule has 8 heteroatoms. The van der Waals surface area contributed by atoms with E-state index in [-0.39, 0.29) is 12.5 Å². The Balaban J connectivity index is 1.67. The lowest BCUT2D eigenvalue weighted by Crippen LogP contribution is -2.48. The van der Waals surface area contributed by atoms with Crippen molar-refractivity contribution in [1.29, 1.82) is 0 Å². The van der Waals surface area contributed by atoms with Gasteiger partial charge in [0, 0.05) is 32.7 Å². The number of amides is 1. The maximum atomic E-state index is 12.3. The van der Waals surface area contributed by atoms with Crippen LogP contribution in [-0.4, -0.2) is 79.5 Å². The Morgan fingerprint density at radius 2 is 1.92 bits per heavy atom. The number of β-amino-alcohol motifs (C(OH)–C–C–N with tert-alkyl or cyclic N) is 1. The monoisotopic (exact) mass is 377 g/mol. The number of thioether (sulfide) groups is 1. The Hall–Kier alpha value is -2.03. The number of piperazine rings is 1. The average Bonchev–Trinajstić information content (AvgIpc) is 3.03. The Bertz CT molecular complexity index is 727. The molecule has 1 aromatic rings. The molecule has 0 bridgehead atoms. The molecule has 1 amide bonds. The van der Waals surface area contributed by atoms with Crippen LogP contribution in [0.25, 0.3) is 6.08 Å². The molecule has 3 rings (SSSR count). The van der Waals surface area contributed by atoms with Crippen LogP contribution in [-0.2, 0) is 4.79 Å². The van der Waals surface area contributed by atoms with Gasteiger partial charge in [0.1, 0.15) is 0 Å². The molecular formula is C18H23N3O4S. The molecule has 0 aromatic heterocycles. The summed E-state index contributed by atoms with van der Waals surface area (Å²) in [5.74, 6) is 1.06. The number of carbonyl (C=O) groups is 1. The molecule has 26 heavy (non-hydrogen) atoms. The second kappa shape index (κ2) is 8.57. The molecule has 1 saturated heterocycles. The third-order valence-corrected chi connectivity index (χ3v) is 5.42. The van der Waals surface area contributed by atoms with Crippen molar-refractivity contribution >= 4 is 28.9 Å². The van der Waals surface area contributed by atoms with Gasteiger partial charge in [-0.1, -0.05) is 6.07 Å². The van der Waals surface area contributed by atoms with Crippen molar-refractivity contribution < 1.29 is 19.4 Å². The Kier molecular flexibility index (Phi) is 6.18. The first kappa shape index (κ1) is 18.8. The Morgan fingerprint density at radius 1 is 1.19 bits per heavy atom. The summed E-state index contributed by atoms with van der Waals surface area (Å²) < 4.78 is 10.5. The van der Waals surface area contributed by atoms with Crippen LogP contribution in [0.2, 0.25) is 0 Å². The van der Waals surface area contributed by atoms with E-state index >= 15 is 0 Å². The van der Waals surface area contributed by atoms with Gasteiger partial charge in [0.05, 0.1) is 25.7 Å². The molecule has 0 atom stereocenters. The first-order chi connectivity index (χ1) is 12.6. The van der Waals surface area contributed by atoms with Crippen LogP contribution in [0.1, 0.15) is 5.56 Å². The molecule has 1 aromatic carbocycles. The molecule has 0 unspecified atom stereocenters. The van der Waals surface area contributed by atoms with E-state index in [2.05, 4.69) is 14.8 Å². The summed E-state index contributed by atoms with van der Waals surface area (Å²) in [4.78, 5) is 21.4. The molecule has 0 spiro atoms. The Labute approximate surface area is 157 Å². The summed E-state index contributed by atoms with van der Waals surface area (Å²) in [6, 6.07) is 5.54. The number of nitrogens with zero attached hydrogens (tertiary/aromatic N) is 3. The first-order valence-electron chi connectivity index (χ1n) is 8.47. The van der Waals surface area contributed by atoms with Crippen molar-refractivity contribution in [2.45, 2.75) is 0 Å². The first-order valence-corrected chi connectivity index (χ1v) is 9.29. The summed E-state index contributed by atoms with van der Waals surface area (Å²) in [5, 5.41) is 9.78. The standard InChI is InChI=1S/C18H23N3O4S/c1-24-14-4-3-13(11-15(14)25-2)12-16-17(23)19-18(26-16)21-7-5-20(6-8-21)9-10-22/h3-4,11-12,22H,5-10H2,1-2H3/b16-12-. The third kappa shape index (κ3) is 4.20. The van der Waals surface area contributed by atoms with Crippen molar-refractivity contribution in [3.05, 3.63) is 28.7 Å². The van der Waals surface area contributed by atoms with E-state index < -0.39 is 0 Å². The number of hydrogen-bond donors (Lipinski definition) is 1. The van der Waals surface area contributed by atoms with Gasteiger partial charge in [-0.25, -0.2) is 0 Å². The molecule has 0 radical (unpaired) electrons.